The highest BCUT2D eigenvalue weighted by atomic mass is 79.9. The van der Waals surface area contributed by atoms with E-state index in [0.717, 1.165) is 28.8 Å². The molecule has 0 atom stereocenters. The summed E-state index contributed by atoms with van der Waals surface area (Å²) >= 11 is 3.36. The number of carbonyl (C=O) groups is 1. The molecule has 0 saturated heterocycles. The van der Waals surface area contributed by atoms with Crippen molar-refractivity contribution in [3.8, 4) is 11.5 Å². The van der Waals surface area contributed by atoms with Crippen molar-refractivity contribution in [2.75, 3.05) is 31.7 Å². The summed E-state index contributed by atoms with van der Waals surface area (Å²) in [6.07, 6.45) is 1.60. The third-order valence-corrected chi connectivity index (χ3v) is 4.40. The van der Waals surface area contributed by atoms with Crippen LogP contribution >= 0.6 is 15.9 Å². The summed E-state index contributed by atoms with van der Waals surface area (Å²) in [7, 11) is 1.55. The van der Waals surface area contributed by atoms with Crippen LogP contribution in [0.25, 0.3) is 0 Å². The molecule has 1 N–H and O–H groups in total. The fraction of sp³-hybridized carbons (Fsp3) is 0.300. The Balaban J connectivity index is 1.84. The van der Waals surface area contributed by atoms with Crippen molar-refractivity contribution in [3.05, 3.63) is 52.5 Å². The molecular formula is C20H24BrN3O3. The van der Waals surface area contributed by atoms with Gasteiger partial charge in [-0.1, -0.05) is 28.1 Å². The van der Waals surface area contributed by atoms with Gasteiger partial charge >= 0.3 is 0 Å². The number of hydrogen-bond donors (Lipinski definition) is 1. The van der Waals surface area contributed by atoms with Gasteiger partial charge in [-0.15, -0.1) is 0 Å². The van der Waals surface area contributed by atoms with E-state index in [0.29, 0.717) is 11.5 Å². The van der Waals surface area contributed by atoms with Gasteiger partial charge in [0.2, 0.25) is 0 Å². The van der Waals surface area contributed by atoms with Crippen LogP contribution in [0.1, 0.15) is 19.4 Å². The van der Waals surface area contributed by atoms with Crippen LogP contribution in [-0.2, 0) is 4.79 Å². The van der Waals surface area contributed by atoms with E-state index in [1.54, 1.807) is 25.5 Å². The number of amides is 1. The number of nitrogens with one attached hydrogen (secondary N) is 1. The lowest BCUT2D eigenvalue weighted by atomic mass is 10.2. The minimum atomic E-state index is -0.351. The number of carbonyl (C=O) groups excluding carboxylic acids is 1. The summed E-state index contributed by atoms with van der Waals surface area (Å²) in [6, 6.07) is 13.3. The lowest BCUT2D eigenvalue weighted by Gasteiger charge is -2.20. The number of anilines is 1. The monoisotopic (exact) mass is 433 g/mol. The second-order valence-corrected chi connectivity index (χ2v) is 6.56. The molecule has 2 rings (SSSR count). The molecule has 0 saturated carbocycles. The Labute approximate surface area is 168 Å². The van der Waals surface area contributed by atoms with Gasteiger partial charge in [-0.05, 0) is 49.7 Å². The lowest BCUT2D eigenvalue weighted by molar-refractivity contribution is -0.123. The molecule has 0 heterocycles. The molecular weight excluding hydrogens is 410 g/mol. The summed E-state index contributed by atoms with van der Waals surface area (Å²) in [5, 5.41) is 3.97. The molecule has 1 amide bonds. The number of halogens is 1. The number of nitrogens with zero attached hydrogens (tertiary/aromatic N) is 2. The molecule has 0 unspecified atom stereocenters. The average Bonchev–Trinajstić information content (AvgIpc) is 2.69. The second-order valence-electron chi connectivity index (χ2n) is 5.64. The predicted molar refractivity (Wildman–Crippen MR) is 112 cm³/mol. The second kappa shape index (κ2) is 10.6. The lowest BCUT2D eigenvalue weighted by Crippen LogP contribution is -2.24. The zero-order chi connectivity index (χ0) is 19.6. The maximum Gasteiger partial charge on any atom is 0.277 e. The summed E-state index contributed by atoms with van der Waals surface area (Å²) < 4.78 is 11.6. The fourth-order valence-electron chi connectivity index (χ4n) is 2.48. The van der Waals surface area contributed by atoms with Crippen LogP contribution in [0.2, 0.25) is 0 Å². The Morgan fingerprint density at radius 1 is 1.15 bits per heavy atom. The summed E-state index contributed by atoms with van der Waals surface area (Å²) in [5.41, 5.74) is 4.52. The molecule has 27 heavy (non-hydrogen) atoms. The molecule has 0 aliphatic carbocycles. The molecule has 7 heteroatoms. The number of hydrogen-bond acceptors (Lipinski definition) is 5. The average molecular weight is 434 g/mol. The minimum absolute atomic E-state index is 0.157. The van der Waals surface area contributed by atoms with Gasteiger partial charge in [-0.3, -0.25) is 4.79 Å². The molecule has 0 radical (unpaired) electrons. The topological polar surface area (TPSA) is 63.2 Å². The van der Waals surface area contributed by atoms with Gasteiger partial charge in [-0.2, -0.15) is 5.10 Å². The largest absolute Gasteiger partial charge is 0.493 e. The van der Waals surface area contributed by atoms with Crippen molar-refractivity contribution in [1.29, 1.82) is 0 Å². The number of rotatable bonds is 9. The van der Waals surface area contributed by atoms with Crippen molar-refractivity contribution in [1.82, 2.24) is 5.43 Å². The smallest absolute Gasteiger partial charge is 0.277 e. The molecule has 0 fully saturated rings. The van der Waals surface area contributed by atoms with Gasteiger partial charge in [0.15, 0.2) is 18.1 Å². The maximum absolute atomic E-state index is 11.9. The van der Waals surface area contributed by atoms with E-state index < -0.39 is 0 Å². The zero-order valence-corrected chi connectivity index (χ0v) is 17.3. The maximum atomic E-state index is 11.9. The van der Waals surface area contributed by atoms with Crippen LogP contribution in [0, 0.1) is 0 Å². The van der Waals surface area contributed by atoms with Gasteiger partial charge in [0.25, 0.3) is 5.91 Å². The minimum Gasteiger partial charge on any atom is -0.493 e. The number of hydrazone groups is 1. The number of methoxy groups -OCH3 is 1. The van der Waals surface area contributed by atoms with E-state index in [1.165, 1.54) is 0 Å². The normalized spacial score (nSPS) is 10.7. The van der Waals surface area contributed by atoms with Gasteiger partial charge in [-0.25, -0.2) is 5.43 Å². The van der Waals surface area contributed by atoms with Gasteiger partial charge in [0.1, 0.15) is 0 Å². The van der Waals surface area contributed by atoms with Crippen molar-refractivity contribution < 1.29 is 14.3 Å². The van der Waals surface area contributed by atoms with Gasteiger partial charge in [0, 0.05) is 23.2 Å². The van der Waals surface area contributed by atoms with Crippen molar-refractivity contribution in [2.24, 2.45) is 5.10 Å². The van der Waals surface area contributed by atoms with Crippen LogP contribution in [0.4, 0.5) is 5.69 Å². The SMILES string of the molecule is CCN(CC)c1ccc(C=NNC(=O)COc2ccc(Br)cc2OC)cc1. The van der Waals surface area contributed by atoms with Crippen LogP contribution < -0.4 is 19.8 Å². The van der Waals surface area contributed by atoms with Crippen molar-refractivity contribution in [2.45, 2.75) is 13.8 Å². The first-order chi connectivity index (χ1) is 13.1. The Bertz CT molecular complexity index is 775. The summed E-state index contributed by atoms with van der Waals surface area (Å²) in [5.74, 6) is 0.691. The molecule has 2 aromatic rings. The summed E-state index contributed by atoms with van der Waals surface area (Å²) in [4.78, 5) is 14.1. The molecule has 0 aliphatic rings. The highest BCUT2D eigenvalue weighted by molar-refractivity contribution is 9.10. The van der Waals surface area contributed by atoms with E-state index in [9.17, 15) is 4.79 Å². The zero-order valence-electron chi connectivity index (χ0n) is 15.7. The van der Waals surface area contributed by atoms with E-state index in [4.69, 9.17) is 9.47 Å². The van der Waals surface area contributed by atoms with Crippen molar-refractivity contribution >= 4 is 33.7 Å². The molecule has 2 aromatic carbocycles. The highest BCUT2D eigenvalue weighted by Crippen LogP contribution is 2.30. The first-order valence-electron chi connectivity index (χ1n) is 8.70. The first-order valence-corrected chi connectivity index (χ1v) is 9.49. The van der Waals surface area contributed by atoms with Crippen LogP contribution in [0.5, 0.6) is 11.5 Å². The molecule has 0 aliphatic heterocycles. The quantitative estimate of drug-likeness (QED) is 0.481. The Kier molecular flexibility index (Phi) is 8.13. The number of benzene rings is 2. The van der Waals surface area contributed by atoms with E-state index in [-0.39, 0.29) is 12.5 Å². The van der Waals surface area contributed by atoms with Crippen LogP contribution in [-0.4, -0.2) is 38.9 Å². The van der Waals surface area contributed by atoms with E-state index >= 15 is 0 Å². The highest BCUT2D eigenvalue weighted by Gasteiger charge is 2.07. The fourth-order valence-corrected chi connectivity index (χ4v) is 2.82. The van der Waals surface area contributed by atoms with E-state index in [2.05, 4.69) is 45.2 Å². The van der Waals surface area contributed by atoms with Gasteiger partial charge < -0.3 is 14.4 Å². The Morgan fingerprint density at radius 3 is 2.48 bits per heavy atom. The molecule has 0 spiro atoms. The van der Waals surface area contributed by atoms with E-state index in [1.807, 2.05) is 30.3 Å². The molecule has 0 bridgehead atoms. The van der Waals surface area contributed by atoms with Crippen LogP contribution in [0.3, 0.4) is 0 Å². The summed E-state index contributed by atoms with van der Waals surface area (Å²) in [6.45, 7) is 6.02. The Hall–Kier alpha value is -2.54. The third-order valence-electron chi connectivity index (χ3n) is 3.91. The first kappa shape index (κ1) is 20.8. The van der Waals surface area contributed by atoms with Crippen molar-refractivity contribution in [3.63, 3.8) is 0 Å². The molecule has 6 nitrogen and oxygen atoms in total. The molecule has 0 aromatic heterocycles. The number of ether oxygens (including phenoxy) is 2. The third kappa shape index (κ3) is 6.29. The van der Waals surface area contributed by atoms with Crippen LogP contribution in [0.15, 0.2) is 52.0 Å². The predicted octanol–water partition coefficient (Wildman–Crippen LogP) is 3.83. The standard InChI is InChI=1S/C20H24BrN3O3/c1-4-24(5-2)17-9-6-15(7-10-17)13-22-23-20(25)14-27-18-11-8-16(21)12-19(18)26-3/h6-13H,4-5,14H2,1-3H3,(H,23,25). The van der Waals surface area contributed by atoms with Gasteiger partial charge in [0.05, 0.1) is 13.3 Å². The molecule has 144 valence electrons. The Morgan fingerprint density at radius 2 is 1.85 bits per heavy atom.